The third kappa shape index (κ3) is 5.37. The minimum absolute atomic E-state index is 0.0199. The number of amides is 2. The predicted molar refractivity (Wildman–Crippen MR) is 102 cm³/mol. The number of carbonyl (C=O) groups excluding carboxylic acids is 3. The molecular formula is C20H29N3O4. The molecule has 7 nitrogen and oxygen atoms in total. The van der Waals surface area contributed by atoms with Crippen molar-refractivity contribution in [1.82, 2.24) is 10.2 Å². The van der Waals surface area contributed by atoms with E-state index in [2.05, 4.69) is 5.32 Å². The number of benzene rings is 1. The summed E-state index contributed by atoms with van der Waals surface area (Å²) in [5.74, 6) is -0.879. The first-order chi connectivity index (χ1) is 12.7. The second-order valence-corrected chi connectivity index (χ2v) is 7.52. The summed E-state index contributed by atoms with van der Waals surface area (Å²) in [4.78, 5) is 38.6. The van der Waals surface area contributed by atoms with E-state index >= 15 is 0 Å². The van der Waals surface area contributed by atoms with Crippen LogP contribution in [0.15, 0.2) is 30.3 Å². The molecule has 1 saturated heterocycles. The Hall–Kier alpha value is -2.25. The highest BCUT2D eigenvalue weighted by Crippen LogP contribution is 2.28. The van der Waals surface area contributed by atoms with E-state index in [-0.39, 0.29) is 37.2 Å². The van der Waals surface area contributed by atoms with E-state index in [0.717, 1.165) is 12.1 Å². The van der Waals surface area contributed by atoms with Crippen molar-refractivity contribution in [1.29, 1.82) is 0 Å². The molecule has 0 bridgehead atoms. The van der Waals surface area contributed by atoms with Crippen LogP contribution in [0, 0.1) is 0 Å². The van der Waals surface area contributed by atoms with Gasteiger partial charge >= 0.3 is 0 Å². The molecule has 148 valence electrons. The minimum atomic E-state index is -0.945. The molecule has 1 aliphatic rings. The van der Waals surface area contributed by atoms with Gasteiger partial charge in [-0.1, -0.05) is 30.3 Å². The summed E-state index contributed by atoms with van der Waals surface area (Å²) in [7, 11) is 3.89. The zero-order chi connectivity index (χ0) is 20.0. The smallest absolute Gasteiger partial charge is 0.227 e. The molecule has 2 amide bonds. The lowest BCUT2D eigenvalue weighted by atomic mass is 9.78. The van der Waals surface area contributed by atoms with Crippen LogP contribution in [-0.2, 0) is 24.5 Å². The first-order valence-corrected chi connectivity index (χ1v) is 9.18. The molecule has 3 atom stereocenters. The van der Waals surface area contributed by atoms with Crippen molar-refractivity contribution in [3.63, 3.8) is 0 Å². The van der Waals surface area contributed by atoms with Gasteiger partial charge in [0.05, 0.1) is 11.5 Å². The molecule has 0 spiro atoms. The Morgan fingerprint density at radius 1 is 1.30 bits per heavy atom. The second-order valence-electron chi connectivity index (χ2n) is 7.52. The van der Waals surface area contributed by atoms with Gasteiger partial charge in [0, 0.05) is 13.0 Å². The number of ketones is 1. The fraction of sp³-hybridized carbons (Fsp3) is 0.550. The number of nitrogens with two attached hydrogens (primary N) is 1. The zero-order valence-corrected chi connectivity index (χ0v) is 16.2. The third-order valence-electron chi connectivity index (χ3n) is 5.14. The van der Waals surface area contributed by atoms with Crippen molar-refractivity contribution >= 4 is 17.6 Å². The molecule has 7 heteroatoms. The van der Waals surface area contributed by atoms with Gasteiger partial charge in [0.1, 0.15) is 12.6 Å². The second kappa shape index (κ2) is 9.10. The molecule has 3 N–H and O–H groups in total. The quantitative estimate of drug-likeness (QED) is 0.659. The molecule has 1 fully saturated rings. The van der Waals surface area contributed by atoms with Gasteiger partial charge in [0.15, 0.2) is 5.78 Å². The SMILES string of the molecule is CN(C)CC[C@@H]1OCC(=O)C1NC(=O)CCC(C)(C(N)=O)c1ccccc1. The first-order valence-electron chi connectivity index (χ1n) is 9.18. The van der Waals surface area contributed by atoms with Gasteiger partial charge in [-0.15, -0.1) is 0 Å². The van der Waals surface area contributed by atoms with Crippen LogP contribution in [0.3, 0.4) is 0 Å². The van der Waals surface area contributed by atoms with Crippen molar-refractivity contribution in [2.45, 2.75) is 43.7 Å². The number of primary amides is 1. The largest absolute Gasteiger partial charge is 0.369 e. The van der Waals surface area contributed by atoms with E-state index in [1.807, 2.05) is 49.3 Å². The van der Waals surface area contributed by atoms with E-state index < -0.39 is 17.4 Å². The summed E-state index contributed by atoms with van der Waals surface area (Å²) in [6.07, 6.45) is 0.702. The van der Waals surface area contributed by atoms with Crippen molar-refractivity contribution in [3.8, 4) is 0 Å². The molecule has 1 aromatic carbocycles. The molecule has 1 aromatic rings. The van der Waals surface area contributed by atoms with Crippen LogP contribution < -0.4 is 11.1 Å². The van der Waals surface area contributed by atoms with Crippen LogP contribution in [0.5, 0.6) is 0 Å². The van der Waals surface area contributed by atoms with Crippen LogP contribution >= 0.6 is 0 Å². The average molecular weight is 375 g/mol. The highest BCUT2D eigenvalue weighted by molar-refractivity contribution is 5.92. The Balaban J connectivity index is 1.97. The summed E-state index contributed by atoms with van der Waals surface area (Å²) in [6, 6.07) is 8.55. The number of hydrogen-bond donors (Lipinski definition) is 2. The van der Waals surface area contributed by atoms with Gasteiger partial charge in [0.2, 0.25) is 11.8 Å². The van der Waals surface area contributed by atoms with Gasteiger partial charge in [-0.25, -0.2) is 0 Å². The number of Topliss-reactive ketones (excluding diaryl/α,β-unsaturated/α-hetero) is 1. The summed E-state index contributed by atoms with van der Waals surface area (Å²) in [5.41, 5.74) is 5.44. The maximum Gasteiger partial charge on any atom is 0.227 e. The predicted octanol–water partition coefficient (Wildman–Crippen LogP) is 0.614. The molecule has 0 aromatic heterocycles. The molecule has 2 unspecified atom stereocenters. The van der Waals surface area contributed by atoms with E-state index in [1.54, 1.807) is 6.92 Å². The first kappa shape index (κ1) is 21.1. The summed E-state index contributed by atoms with van der Waals surface area (Å²) in [5, 5.41) is 2.78. The maximum atomic E-state index is 12.4. The molecule has 0 radical (unpaired) electrons. The number of rotatable bonds is 9. The third-order valence-corrected chi connectivity index (χ3v) is 5.14. The lowest BCUT2D eigenvalue weighted by Gasteiger charge is -2.27. The van der Waals surface area contributed by atoms with E-state index in [4.69, 9.17) is 10.5 Å². The molecule has 0 aliphatic carbocycles. The van der Waals surface area contributed by atoms with Crippen LogP contribution in [0.4, 0.5) is 0 Å². The number of hydrogen-bond acceptors (Lipinski definition) is 5. The Kier molecular flexibility index (Phi) is 7.10. The van der Waals surface area contributed by atoms with Gasteiger partial charge in [-0.05, 0) is 39.4 Å². The zero-order valence-electron chi connectivity index (χ0n) is 16.2. The van der Waals surface area contributed by atoms with Crippen LogP contribution in [0.25, 0.3) is 0 Å². The van der Waals surface area contributed by atoms with Gasteiger partial charge < -0.3 is 20.7 Å². The van der Waals surface area contributed by atoms with Crippen molar-refractivity contribution in [3.05, 3.63) is 35.9 Å². The van der Waals surface area contributed by atoms with Gasteiger partial charge in [-0.2, -0.15) is 0 Å². The lowest BCUT2D eigenvalue weighted by Crippen LogP contribution is -2.46. The Labute approximate surface area is 160 Å². The van der Waals surface area contributed by atoms with Crippen molar-refractivity contribution in [2.75, 3.05) is 27.2 Å². The minimum Gasteiger partial charge on any atom is -0.369 e. The highest BCUT2D eigenvalue weighted by atomic mass is 16.5. The number of nitrogens with zero attached hydrogens (tertiary/aromatic N) is 1. The Bertz CT molecular complexity index is 677. The molecule has 1 aliphatic heterocycles. The maximum absolute atomic E-state index is 12.4. The number of ether oxygens (including phenoxy) is 1. The Morgan fingerprint density at radius 3 is 2.56 bits per heavy atom. The van der Waals surface area contributed by atoms with Gasteiger partial charge in [-0.3, -0.25) is 14.4 Å². The molecule has 27 heavy (non-hydrogen) atoms. The fourth-order valence-corrected chi connectivity index (χ4v) is 3.22. The van der Waals surface area contributed by atoms with Gasteiger partial charge in [0.25, 0.3) is 0 Å². The van der Waals surface area contributed by atoms with E-state index in [0.29, 0.717) is 6.42 Å². The topological polar surface area (TPSA) is 102 Å². The molecular weight excluding hydrogens is 346 g/mol. The summed E-state index contributed by atoms with van der Waals surface area (Å²) < 4.78 is 5.52. The van der Waals surface area contributed by atoms with Crippen LogP contribution in [-0.4, -0.2) is 61.9 Å². The number of carbonyl (C=O) groups is 3. The molecule has 1 heterocycles. The fourth-order valence-electron chi connectivity index (χ4n) is 3.22. The Morgan fingerprint density at radius 2 is 1.96 bits per heavy atom. The normalized spacial score (nSPS) is 21.9. The molecule has 0 saturated carbocycles. The van der Waals surface area contributed by atoms with Crippen molar-refractivity contribution < 1.29 is 19.1 Å². The number of nitrogens with one attached hydrogen (secondary N) is 1. The van der Waals surface area contributed by atoms with Crippen molar-refractivity contribution in [2.24, 2.45) is 5.73 Å². The van der Waals surface area contributed by atoms with E-state index in [9.17, 15) is 14.4 Å². The van der Waals surface area contributed by atoms with E-state index in [1.165, 1.54) is 0 Å². The average Bonchev–Trinajstić information content (AvgIpc) is 2.98. The summed E-state index contributed by atoms with van der Waals surface area (Å²) in [6.45, 7) is 2.52. The van der Waals surface area contributed by atoms with Crippen LogP contribution in [0.2, 0.25) is 0 Å². The lowest BCUT2D eigenvalue weighted by molar-refractivity contribution is -0.127. The molecule has 2 rings (SSSR count). The highest BCUT2D eigenvalue weighted by Gasteiger charge is 2.38. The summed E-state index contributed by atoms with van der Waals surface area (Å²) >= 11 is 0. The monoisotopic (exact) mass is 375 g/mol. The standard InChI is InChI=1S/C20H29N3O4/c1-20(19(21)26,14-7-5-4-6-8-14)11-9-17(25)22-18-15(24)13-27-16(18)10-12-23(2)3/h4-8,16,18H,9-13H2,1-3H3,(H2,21,26)(H,22,25)/t16-,18?,20?/m0/s1. The van der Waals surface area contributed by atoms with Crippen LogP contribution in [0.1, 0.15) is 31.7 Å².